The Morgan fingerprint density at radius 2 is 1.69 bits per heavy atom. The van der Waals surface area contributed by atoms with Crippen molar-refractivity contribution in [1.82, 2.24) is 0 Å². The minimum atomic E-state index is -0.165. The van der Waals surface area contributed by atoms with Crippen LogP contribution in [0.4, 0.5) is 5.69 Å². The van der Waals surface area contributed by atoms with Crippen LogP contribution in [0.25, 0.3) is 0 Å². The average Bonchev–Trinajstić information content (AvgIpc) is 3.14. The molecule has 2 aromatic rings. The molecule has 7 nitrogen and oxygen atoms in total. The number of hydrogen-bond acceptors (Lipinski definition) is 6. The number of anilines is 1. The van der Waals surface area contributed by atoms with E-state index in [1.807, 2.05) is 18.2 Å². The zero-order valence-electron chi connectivity index (χ0n) is 14.8. The van der Waals surface area contributed by atoms with E-state index < -0.39 is 0 Å². The molecule has 1 amide bonds. The van der Waals surface area contributed by atoms with Crippen molar-refractivity contribution in [3.05, 3.63) is 35.4 Å². The first kappa shape index (κ1) is 16.4. The SMILES string of the molecule is COc1cc2c(cc1OC)C(c1cc(OC)c3c(c1)OCO3)CC(=O)N2. The van der Waals surface area contributed by atoms with Gasteiger partial charge in [0.25, 0.3) is 0 Å². The van der Waals surface area contributed by atoms with Gasteiger partial charge in [0.05, 0.1) is 21.3 Å². The number of benzene rings is 2. The maximum atomic E-state index is 12.3. The summed E-state index contributed by atoms with van der Waals surface area (Å²) in [5, 5.41) is 2.90. The molecule has 0 fully saturated rings. The molecule has 1 atom stereocenters. The molecule has 0 aliphatic carbocycles. The Morgan fingerprint density at radius 1 is 0.962 bits per heavy atom. The minimum absolute atomic E-state index is 0.0636. The summed E-state index contributed by atoms with van der Waals surface area (Å²) in [6, 6.07) is 7.46. The van der Waals surface area contributed by atoms with Gasteiger partial charge in [-0.15, -0.1) is 0 Å². The highest BCUT2D eigenvalue weighted by atomic mass is 16.7. The molecule has 1 N–H and O–H groups in total. The van der Waals surface area contributed by atoms with E-state index >= 15 is 0 Å². The number of rotatable bonds is 4. The van der Waals surface area contributed by atoms with Gasteiger partial charge in [-0.25, -0.2) is 0 Å². The Balaban J connectivity index is 1.85. The number of nitrogens with one attached hydrogen (secondary N) is 1. The second-order valence-electron chi connectivity index (χ2n) is 6.06. The highest BCUT2D eigenvalue weighted by Crippen LogP contribution is 2.48. The molecule has 2 aliphatic heterocycles. The van der Waals surface area contributed by atoms with Crippen molar-refractivity contribution < 1.29 is 28.5 Å². The van der Waals surface area contributed by atoms with Crippen molar-refractivity contribution in [2.75, 3.05) is 33.4 Å². The first-order valence-electron chi connectivity index (χ1n) is 8.18. The minimum Gasteiger partial charge on any atom is -0.493 e. The van der Waals surface area contributed by atoms with Gasteiger partial charge >= 0.3 is 0 Å². The second kappa shape index (κ2) is 6.33. The van der Waals surface area contributed by atoms with Gasteiger partial charge in [-0.05, 0) is 29.3 Å². The number of carbonyl (C=O) groups excluding carboxylic acids is 1. The van der Waals surface area contributed by atoms with Crippen LogP contribution < -0.4 is 29.0 Å². The van der Waals surface area contributed by atoms with Gasteiger partial charge in [0.2, 0.25) is 18.4 Å². The largest absolute Gasteiger partial charge is 0.493 e. The van der Waals surface area contributed by atoms with E-state index in [2.05, 4.69) is 5.32 Å². The lowest BCUT2D eigenvalue weighted by Gasteiger charge is -2.27. The summed E-state index contributed by atoms with van der Waals surface area (Å²) in [7, 11) is 4.73. The Labute approximate surface area is 150 Å². The van der Waals surface area contributed by atoms with Crippen molar-refractivity contribution in [3.63, 3.8) is 0 Å². The first-order valence-corrected chi connectivity index (χ1v) is 8.18. The van der Waals surface area contributed by atoms with E-state index in [0.717, 1.165) is 11.1 Å². The number of hydrogen-bond donors (Lipinski definition) is 1. The lowest BCUT2D eigenvalue weighted by atomic mass is 9.84. The van der Waals surface area contributed by atoms with Crippen LogP contribution in [0, 0.1) is 0 Å². The highest BCUT2D eigenvalue weighted by Gasteiger charge is 2.31. The normalized spacial score (nSPS) is 17.3. The second-order valence-corrected chi connectivity index (χ2v) is 6.06. The van der Waals surface area contributed by atoms with Crippen molar-refractivity contribution in [3.8, 4) is 28.7 Å². The third kappa shape index (κ3) is 2.56. The summed E-state index contributed by atoms with van der Waals surface area (Å²) in [5.41, 5.74) is 2.57. The predicted octanol–water partition coefficient (Wildman–Crippen LogP) is 2.92. The summed E-state index contributed by atoms with van der Waals surface area (Å²) >= 11 is 0. The standard InChI is InChI=1S/C19H19NO6/c1-22-14-6-12-11(7-18(21)20-13(12)8-15(14)23-2)10-4-16(24-3)19-17(5-10)25-9-26-19/h4-6,8,11H,7,9H2,1-3H3,(H,20,21). The van der Waals surface area contributed by atoms with Crippen molar-refractivity contribution in [1.29, 1.82) is 0 Å². The van der Waals surface area contributed by atoms with Crippen LogP contribution >= 0.6 is 0 Å². The molecule has 2 aliphatic rings. The fraction of sp³-hybridized carbons (Fsp3) is 0.316. The molecule has 1 unspecified atom stereocenters. The van der Waals surface area contributed by atoms with E-state index in [1.54, 1.807) is 27.4 Å². The summed E-state index contributed by atoms with van der Waals surface area (Å²) in [6.45, 7) is 0.155. The van der Waals surface area contributed by atoms with Gasteiger partial charge < -0.3 is 29.0 Å². The fourth-order valence-electron chi connectivity index (χ4n) is 3.44. The summed E-state index contributed by atoms with van der Waals surface area (Å²) < 4.78 is 27.2. The maximum Gasteiger partial charge on any atom is 0.231 e. The van der Waals surface area contributed by atoms with Gasteiger partial charge in [-0.3, -0.25) is 4.79 Å². The molecular formula is C19H19NO6. The molecule has 0 radical (unpaired) electrons. The van der Waals surface area contributed by atoms with Crippen LogP contribution in [-0.4, -0.2) is 34.0 Å². The molecule has 26 heavy (non-hydrogen) atoms. The Bertz CT molecular complexity index is 879. The third-order valence-corrected chi connectivity index (χ3v) is 4.68. The number of fused-ring (bicyclic) bond motifs is 2. The quantitative estimate of drug-likeness (QED) is 0.907. The van der Waals surface area contributed by atoms with Gasteiger partial charge in [0.15, 0.2) is 23.0 Å². The van der Waals surface area contributed by atoms with E-state index in [1.165, 1.54) is 0 Å². The number of ether oxygens (including phenoxy) is 5. The van der Waals surface area contributed by atoms with Gasteiger partial charge in [0, 0.05) is 24.1 Å². The summed E-state index contributed by atoms with van der Waals surface area (Å²) in [5.74, 6) is 2.74. The first-order chi connectivity index (χ1) is 12.6. The topological polar surface area (TPSA) is 75.2 Å². The average molecular weight is 357 g/mol. The van der Waals surface area contributed by atoms with Crippen LogP contribution in [0.1, 0.15) is 23.5 Å². The zero-order chi connectivity index (χ0) is 18.3. The maximum absolute atomic E-state index is 12.3. The molecule has 0 bridgehead atoms. The smallest absolute Gasteiger partial charge is 0.231 e. The molecule has 136 valence electrons. The van der Waals surface area contributed by atoms with Crippen molar-refractivity contribution in [2.24, 2.45) is 0 Å². The van der Waals surface area contributed by atoms with E-state index in [9.17, 15) is 4.79 Å². The van der Waals surface area contributed by atoms with Crippen molar-refractivity contribution in [2.45, 2.75) is 12.3 Å². The molecule has 0 aromatic heterocycles. The number of methoxy groups -OCH3 is 3. The molecule has 4 rings (SSSR count). The van der Waals surface area contributed by atoms with Crippen LogP contribution in [-0.2, 0) is 4.79 Å². The van der Waals surface area contributed by atoms with Gasteiger partial charge in [-0.2, -0.15) is 0 Å². The molecule has 0 saturated heterocycles. The molecular weight excluding hydrogens is 338 g/mol. The Hall–Kier alpha value is -3.09. The molecule has 0 saturated carbocycles. The number of carbonyl (C=O) groups is 1. The van der Waals surface area contributed by atoms with E-state index in [0.29, 0.717) is 40.9 Å². The lowest BCUT2D eigenvalue weighted by molar-refractivity contribution is -0.116. The summed E-state index contributed by atoms with van der Waals surface area (Å²) in [6.07, 6.45) is 0.311. The Kier molecular flexibility index (Phi) is 3.99. The Morgan fingerprint density at radius 3 is 2.42 bits per heavy atom. The van der Waals surface area contributed by atoms with Gasteiger partial charge in [-0.1, -0.05) is 0 Å². The highest BCUT2D eigenvalue weighted by molar-refractivity contribution is 5.96. The fourth-order valence-corrected chi connectivity index (χ4v) is 3.44. The summed E-state index contributed by atoms with van der Waals surface area (Å²) in [4.78, 5) is 12.3. The predicted molar refractivity (Wildman–Crippen MR) is 93.8 cm³/mol. The van der Waals surface area contributed by atoms with Crippen LogP contribution in [0.5, 0.6) is 28.7 Å². The number of amides is 1. The lowest BCUT2D eigenvalue weighted by Crippen LogP contribution is -2.23. The van der Waals surface area contributed by atoms with E-state index in [-0.39, 0.29) is 18.6 Å². The molecule has 0 spiro atoms. The van der Waals surface area contributed by atoms with E-state index in [4.69, 9.17) is 23.7 Å². The van der Waals surface area contributed by atoms with Crippen LogP contribution in [0.3, 0.4) is 0 Å². The van der Waals surface area contributed by atoms with Crippen molar-refractivity contribution >= 4 is 11.6 Å². The van der Waals surface area contributed by atoms with Crippen LogP contribution in [0.15, 0.2) is 24.3 Å². The molecule has 7 heteroatoms. The van der Waals surface area contributed by atoms with Crippen LogP contribution in [0.2, 0.25) is 0 Å². The molecule has 2 heterocycles. The molecule has 2 aromatic carbocycles. The third-order valence-electron chi connectivity index (χ3n) is 4.68. The van der Waals surface area contributed by atoms with Gasteiger partial charge in [0.1, 0.15) is 0 Å². The monoisotopic (exact) mass is 357 g/mol. The zero-order valence-corrected chi connectivity index (χ0v) is 14.8.